The van der Waals surface area contributed by atoms with E-state index in [4.69, 9.17) is 55.9 Å². The van der Waals surface area contributed by atoms with Gasteiger partial charge in [-0.25, -0.2) is 0 Å². The van der Waals surface area contributed by atoms with E-state index in [9.17, 15) is 0 Å². The van der Waals surface area contributed by atoms with E-state index in [-0.39, 0.29) is 24.0 Å². The SMILES string of the molecule is CC1(C)O[C@@H]2[C@@H]3C[C@@H]([C@@H]2O1)[C@@H]1[C@@H]3[C@]2(Cl)C[C@]1(Cl)C(Cl)=C2Cl. The van der Waals surface area contributed by atoms with Crippen molar-refractivity contribution < 1.29 is 9.47 Å². The van der Waals surface area contributed by atoms with E-state index in [1.165, 1.54) is 0 Å². The van der Waals surface area contributed by atoms with Gasteiger partial charge in [0.2, 0.25) is 0 Å². The fraction of sp³-hybridized carbons (Fsp3) is 0.867. The van der Waals surface area contributed by atoms with Crippen LogP contribution in [0.1, 0.15) is 26.7 Å². The number of fused-ring (bicyclic) bond motifs is 12. The van der Waals surface area contributed by atoms with Crippen molar-refractivity contribution >= 4 is 46.4 Å². The molecule has 5 aliphatic rings. The molecule has 0 spiro atoms. The van der Waals surface area contributed by atoms with Gasteiger partial charge in [-0.05, 0) is 50.4 Å². The van der Waals surface area contributed by atoms with Crippen LogP contribution in [-0.2, 0) is 9.47 Å². The molecule has 8 atom stereocenters. The van der Waals surface area contributed by atoms with Gasteiger partial charge in [-0.2, -0.15) is 0 Å². The van der Waals surface area contributed by atoms with Gasteiger partial charge in [-0.1, -0.05) is 23.2 Å². The highest BCUT2D eigenvalue weighted by Crippen LogP contribution is 2.77. The molecule has 0 aromatic heterocycles. The molecular weight excluding hydrogens is 354 g/mol. The zero-order valence-electron chi connectivity index (χ0n) is 11.7. The Morgan fingerprint density at radius 3 is 1.76 bits per heavy atom. The van der Waals surface area contributed by atoms with Gasteiger partial charge in [0.25, 0.3) is 0 Å². The molecule has 116 valence electrons. The second-order valence-electron chi connectivity index (χ2n) is 7.71. The molecule has 0 aromatic rings. The Labute approximate surface area is 144 Å². The molecule has 1 aliphatic heterocycles. The molecule has 2 nitrogen and oxygen atoms in total. The Morgan fingerprint density at radius 2 is 1.33 bits per heavy atom. The average molecular weight is 370 g/mol. The van der Waals surface area contributed by atoms with Crippen molar-refractivity contribution in [1.82, 2.24) is 0 Å². The average Bonchev–Trinajstić information content (AvgIpc) is 3.07. The monoisotopic (exact) mass is 368 g/mol. The number of rotatable bonds is 0. The predicted octanol–water partition coefficient (Wildman–Crippen LogP) is 4.45. The smallest absolute Gasteiger partial charge is 0.163 e. The lowest BCUT2D eigenvalue weighted by Gasteiger charge is -2.43. The molecule has 6 heteroatoms. The zero-order valence-corrected chi connectivity index (χ0v) is 14.7. The second-order valence-corrected chi connectivity index (χ2v) is 9.81. The van der Waals surface area contributed by atoms with E-state index in [2.05, 4.69) is 0 Å². The van der Waals surface area contributed by atoms with Gasteiger partial charge in [0, 0.05) is 0 Å². The lowest BCUT2D eigenvalue weighted by molar-refractivity contribution is -0.158. The van der Waals surface area contributed by atoms with Crippen LogP contribution in [0.4, 0.5) is 0 Å². The van der Waals surface area contributed by atoms with E-state index < -0.39 is 15.5 Å². The third kappa shape index (κ3) is 1.39. The molecule has 4 bridgehead atoms. The number of ether oxygens (including phenoxy) is 2. The summed E-state index contributed by atoms with van der Waals surface area (Å²) in [6.45, 7) is 3.95. The number of hydrogen-bond donors (Lipinski definition) is 0. The van der Waals surface area contributed by atoms with Crippen molar-refractivity contribution in [1.29, 1.82) is 0 Å². The lowest BCUT2D eigenvalue weighted by atomic mass is 9.70. The maximum Gasteiger partial charge on any atom is 0.163 e. The molecule has 3 saturated carbocycles. The van der Waals surface area contributed by atoms with Crippen LogP contribution in [0.5, 0.6) is 0 Å². The first-order valence-electron chi connectivity index (χ1n) is 7.49. The Bertz CT molecular complexity index is 544. The minimum absolute atomic E-state index is 0.115. The second kappa shape index (κ2) is 3.73. The normalized spacial score (nSPS) is 62.6. The van der Waals surface area contributed by atoms with Gasteiger partial charge in [0.15, 0.2) is 5.79 Å². The van der Waals surface area contributed by atoms with Gasteiger partial charge in [-0.15, -0.1) is 23.2 Å². The standard InChI is InChI=1S/C15H16Cl4O2/c1-13(2)20-9-5-3-6(10(9)21-13)8-7(5)14(18)4-15(8,19)12(17)11(14)16/h5-10H,3-4H2,1-2H3/t5-,6-,7-,8-,9-,10+,14-,15-/m1/s1. The summed E-state index contributed by atoms with van der Waals surface area (Å²) in [5.74, 6) is 0.696. The van der Waals surface area contributed by atoms with E-state index in [1.807, 2.05) is 13.8 Å². The summed E-state index contributed by atoms with van der Waals surface area (Å²) in [4.78, 5) is -1.21. The first-order valence-corrected chi connectivity index (χ1v) is 9.00. The van der Waals surface area contributed by atoms with Crippen molar-refractivity contribution in [2.75, 3.05) is 0 Å². The van der Waals surface area contributed by atoms with Crippen LogP contribution >= 0.6 is 46.4 Å². The molecule has 0 aromatic carbocycles. The highest BCUT2D eigenvalue weighted by Gasteiger charge is 2.79. The molecule has 21 heavy (non-hydrogen) atoms. The summed E-state index contributed by atoms with van der Waals surface area (Å²) in [6, 6.07) is 0. The predicted molar refractivity (Wildman–Crippen MR) is 82.9 cm³/mol. The Morgan fingerprint density at radius 1 is 0.905 bits per heavy atom. The van der Waals surface area contributed by atoms with Crippen LogP contribution in [0.15, 0.2) is 10.1 Å². The minimum atomic E-state index is -0.606. The highest BCUT2D eigenvalue weighted by atomic mass is 35.5. The number of halogens is 4. The summed E-state index contributed by atoms with van der Waals surface area (Å²) in [5, 5.41) is 1.12. The van der Waals surface area contributed by atoms with Crippen LogP contribution in [0.3, 0.4) is 0 Å². The largest absolute Gasteiger partial charge is 0.344 e. The van der Waals surface area contributed by atoms with Crippen LogP contribution < -0.4 is 0 Å². The Hall–Kier alpha value is 0.820. The Kier molecular flexibility index (Phi) is 2.52. The van der Waals surface area contributed by atoms with Crippen LogP contribution in [-0.4, -0.2) is 27.7 Å². The number of hydrogen-bond acceptors (Lipinski definition) is 2. The van der Waals surface area contributed by atoms with Crippen LogP contribution in [0, 0.1) is 23.7 Å². The Balaban J connectivity index is 1.63. The summed E-state index contributed by atoms with van der Waals surface area (Å²) in [7, 11) is 0. The van der Waals surface area contributed by atoms with E-state index in [0.717, 1.165) is 6.42 Å². The molecular formula is C15H16Cl4O2. The minimum Gasteiger partial charge on any atom is -0.344 e. The maximum absolute atomic E-state index is 6.93. The van der Waals surface area contributed by atoms with Gasteiger partial charge in [0.1, 0.15) is 0 Å². The van der Waals surface area contributed by atoms with Crippen molar-refractivity contribution in [3.05, 3.63) is 10.1 Å². The van der Waals surface area contributed by atoms with Gasteiger partial charge < -0.3 is 9.47 Å². The first-order chi connectivity index (χ1) is 9.69. The summed E-state index contributed by atoms with van der Waals surface area (Å²) in [6.07, 6.45) is 1.92. The topological polar surface area (TPSA) is 18.5 Å². The molecule has 4 aliphatic carbocycles. The molecule has 5 rings (SSSR count). The van der Waals surface area contributed by atoms with Crippen LogP contribution in [0.25, 0.3) is 0 Å². The fourth-order valence-electron chi connectivity index (χ4n) is 5.97. The molecule has 4 fully saturated rings. The summed E-state index contributed by atoms with van der Waals surface area (Å²) < 4.78 is 12.3. The molecule has 0 unspecified atom stereocenters. The van der Waals surface area contributed by atoms with E-state index in [0.29, 0.717) is 28.3 Å². The number of alkyl halides is 2. The molecule has 0 amide bonds. The zero-order chi connectivity index (χ0) is 14.9. The lowest BCUT2D eigenvalue weighted by Crippen LogP contribution is -2.49. The van der Waals surface area contributed by atoms with Gasteiger partial charge in [0.05, 0.1) is 32.0 Å². The van der Waals surface area contributed by atoms with Crippen molar-refractivity contribution in [2.24, 2.45) is 23.7 Å². The van der Waals surface area contributed by atoms with Crippen molar-refractivity contribution in [3.63, 3.8) is 0 Å². The fourth-order valence-corrected chi connectivity index (χ4v) is 8.06. The first kappa shape index (κ1) is 14.2. The summed E-state index contributed by atoms with van der Waals surface area (Å²) >= 11 is 26.8. The molecule has 0 N–H and O–H groups in total. The number of allylic oxidation sites excluding steroid dienone is 2. The third-order valence-corrected chi connectivity index (χ3v) is 8.85. The molecule has 1 saturated heterocycles. The van der Waals surface area contributed by atoms with Crippen LogP contribution in [0.2, 0.25) is 0 Å². The quantitative estimate of drug-likeness (QED) is 0.464. The third-order valence-electron chi connectivity index (χ3n) is 6.36. The summed E-state index contributed by atoms with van der Waals surface area (Å²) in [5.41, 5.74) is 0. The molecule has 0 radical (unpaired) electrons. The van der Waals surface area contributed by atoms with Crippen molar-refractivity contribution in [3.8, 4) is 0 Å². The van der Waals surface area contributed by atoms with E-state index in [1.54, 1.807) is 0 Å². The van der Waals surface area contributed by atoms with Crippen molar-refractivity contribution in [2.45, 2.75) is 54.4 Å². The van der Waals surface area contributed by atoms with Gasteiger partial charge >= 0.3 is 0 Å². The highest BCUT2D eigenvalue weighted by molar-refractivity contribution is 6.51. The van der Waals surface area contributed by atoms with E-state index >= 15 is 0 Å². The molecule has 1 heterocycles. The maximum atomic E-state index is 6.93. The van der Waals surface area contributed by atoms with Gasteiger partial charge in [-0.3, -0.25) is 0 Å².